The maximum atomic E-state index is 11.6. The van der Waals surface area contributed by atoms with E-state index in [1.165, 1.54) is 0 Å². The molecule has 0 aliphatic rings. The highest BCUT2D eigenvalue weighted by molar-refractivity contribution is 7.80. The van der Waals surface area contributed by atoms with Crippen molar-refractivity contribution in [3.63, 3.8) is 0 Å². The molecular weight excluding hydrogens is 196 g/mol. The van der Waals surface area contributed by atoms with Gasteiger partial charge in [-0.3, -0.25) is 9.13 Å². The Hall–Kier alpha value is -0.900. The van der Waals surface area contributed by atoms with Gasteiger partial charge in [0.2, 0.25) is 0 Å². The number of aryl methyl sites for hydroxylation is 1. The largest absolute Gasteiger partial charge is 0.328 e. The van der Waals surface area contributed by atoms with Crippen LogP contribution in [0.3, 0.4) is 0 Å². The van der Waals surface area contributed by atoms with E-state index in [4.69, 9.17) is 0 Å². The minimum atomic E-state index is 0.0654. The first-order valence-electron chi connectivity index (χ1n) is 4.81. The lowest BCUT2D eigenvalue weighted by Gasteiger charge is -1.97. The predicted octanol–water partition coefficient (Wildman–Crippen LogP) is 1.55. The second-order valence-corrected chi connectivity index (χ2v) is 3.45. The quantitative estimate of drug-likeness (QED) is 0.582. The molecule has 0 saturated carbocycles. The van der Waals surface area contributed by atoms with E-state index in [9.17, 15) is 4.79 Å². The predicted molar refractivity (Wildman–Crippen MR) is 62.0 cm³/mol. The van der Waals surface area contributed by atoms with Gasteiger partial charge in [0.15, 0.2) is 0 Å². The second-order valence-electron chi connectivity index (χ2n) is 3.08. The van der Waals surface area contributed by atoms with Crippen molar-refractivity contribution in [2.45, 2.75) is 26.4 Å². The first-order valence-corrected chi connectivity index (χ1v) is 5.44. The van der Waals surface area contributed by atoms with E-state index >= 15 is 0 Å². The number of hydrogen-bond acceptors (Lipinski definition) is 2. The molecule has 0 spiro atoms. The molecule has 0 N–H and O–H groups in total. The van der Waals surface area contributed by atoms with Gasteiger partial charge in [-0.2, -0.15) is 12.6 Å². The lowest BCUT2D eigenvalue weighted by molar-refractivity contribution is 0.627. The van der Waals surface area contributed by atoms with Crippen molar-refractivity contribution in [2.24, 2.45) is 0 Å². The van der Waals surface area contributed by atoms with Crippen LogP contribution in [0.5, 0.6) is 0 Å². The van der Waals surface area contributed by atoms with Gasteiger partial charge in [0.1, 0.15) is 0 Å². The molecule has 1 aromatic rings. The molecule has 0 aliphatic carbocycles. The van der Waals surface area contributed by atoms with Crippen LogP contribution in [0.2, 0.25) is 0 Å². The molecule has 1 rings (SSSR count). The van der Waals surface area contributed by atoms with E-state index < -0.39 is 0 Å². The highest BCUT2D eigenvalue weighted by Crippen LogP contribution is 1.89. The topological polar surface area (TPSA) is 26.9 Å². The maximum absolute atomic E-state index is 11.6. The first kappa shape index (κ1) is 11.2. The zero-order valence-corrected chi connectivity index (χ0v) is 9.28. The second kappa shape index (κ2) is 5.75. The van der Waals surface area contributed by atoms with Crippen molar-refractivity contribution in [2.75, 3.05) is 5.75 Å². The molecule has 0 atom stereocenters. The van der Waals surface area contributed by atoms with Crippen LogP contribution in [-0.2, 0) is 13.1 Å². The van der Waals surface area contributed by atoms with Crippen LogP contribution < -0.4 is 5.69 Å². The third kappa shape index (κ3) is 2.80. The summed E-state index contributed by atoms with van der Waals surface area (Å²) in [7, 11) is 0. The summed E-state index contributed by atoms with van der Waals surface area (Å²) in [5.74, 6) is 0.713. The van der Waals surface area contributed by atoms with E-state index in [2.05, 4.69) is 19.6 Å². The van der Waals surface area contributed by atoms with E-state index in [0.29, 0.717) is 12.3 Å². The number of rotatable bonds is 5. The molecule has 0 amide bonds. The number of aromatic nitrogens is 2. The molecular formula is C10H16N2OS. The Labute approximate surface area is 89.5 Å². The third-order valence-corrected chi connectivity index (χ3v) is 2.17. The highest BCUT2D eigenvalue weighted by atomic mass is 32.1. The Kier molecular flexibility index (Phi) is 4.59. The van der Waals surface area contributed by atoms with Crippen molar-refractivity contribution < 1.29 is 0 Å². The Morgan fingerprint density at radius 1 is 1.36 bits per heavy atom. The summed E-state index contributed by atoms with van der Waals surface area (Å²) in [6.45, 7) is 3.49. The number of imidazole rings is 1. The average Bonchev–Trinajstić information content (AvgIpc) is 2.51. The average molecular weight is 212 g/mol. The van der Waals surface area contributed by atoms with Crippen LogP contribution in [0.1, 0.15) is 13.3 Å². The monoisotopic (exact) mass is 212 g/mol. The van der Waals surface area contributed by atoms with Gasteiger partial charge >= 0.3 is 5.69 Å². The normalized spacial score (nSPS) is 11.3. The molecule has 1 aromatic heterocycles. The number of nitrogens with zero attached hydrogens (tertiary/aromatic N) is 2. The number of allylic oxidation sites excluding steroid dienone is 1. The fourth-order valence-corrected chi connectivity index (χ4v) is 1.42. The summed E-state index contributed by atoms with van der Waals surface area (Å²) in [4.78, 5) is 11.6. The Bertz CT molecular complexity index is 351. The van der Waals surface area contributed by atoms with Crippen molar-refractivity contribution in [1.82, 2.24) is 9.13 Å². The zero-order chi connectivity index (χ0) is 10.4. The van der Waals surface area contributed by atoms with Gasteiger partial charge in [0.05, 0.1) is 0 Å². The third-order valence-electron chi connectivity index (χ3n) is 1.96. The van der Waals surface area contributed by atoms with Gasteiger partial charge in [-0.05, 0) is 6.42 Å². The summed E-state index contributed by atoms with van der Waals surface area (Å²) in [6.07, 6.45) is 8.52. The SMILES string of the molecule is CCCn1ccn(C/C=C/CS)c1=O. The molecule has 0 bridgehead atoms. The molecule has 0 aromatic carbocycles. The smallest absolute Gasteiger partial charge is 0.299 e. The molecule has 1 heterocycles. The molecule has 0 radical (unpaired) electrons. The van der Waals surface area contributed by atoms with Crippen LogP contribution in [0.4, 0.5) is 0 Å². The van der Waals surface area contributed by atoms with Crippen LogP contribution in [-0.4, -0.2) is 14.9 Å². The molecule has 0 unspecified atom stereocenters. The molecule has 0 saturated heterocycles. The van der Waals surface area contributed by atoms with Gasteiger partial charge in [-0.25, -0.2) is 4.79 Å². The summed E-state index contributed by atoms with van der Waals surface area (Å²) >= 11 is 4.05. The lowest BCUT2D eigenvalue weighted by Crippen LogP contribution is -2.23. The molecule has 0 fully saturated rings. The molecule has 4 heteroatoms. The minimum Gasteiger partial charge on any atom is -0.299 e. The van der Waals surface area contributed by atoms with E-state index in [0.717, 1.165) is 13.0 Å². The fraction of sp³-hybridized carbons (Fsp3) is 0.500. The summed E-state index contributed by atoms with van der Waals surface area (Å²) in [6, 6.07) is 0. The van der Waals surface area contributed by atoms with Crippen LogP contribution in [0.25, 0.3) is 0 Å². The van der Waals surface area contributed by atoms with Gasteiger partial charge in [-0.15, -0.1) is 0 Å². The van der Waals surface area contributed by atoms with Gasteiger partial charge < -0.3 is 0 Å². The number of hydrogen-bond donors (Lipinski definition) is 1. The van der Waals surface area contributed by atoms with Gasteiger partial charge in [0, 0.05) is 31.2 Å². The van der Waals surface area contributed by atoms with Gasteiger partial charge in [-0.1, -0.05) is 19.1 Å². The van der Waals surface area contributed by atoms with Crippen molar-refractivity contribution >= 4 is 12.6 Å². The van der Waals surface area contributed by atoms with Crippen LogP contribution >= 0.6 is 12.6 Å². The van der Waals surface area contributed by atoms with Crippen molar-refractivity contribution in [3.05, 3.63) is 35.0 Å². The van der Waals surface area contributed by atoms with E-state index in [-0.39, 0.29) is 5.69 Å². The molecule has 14 heavy (non-hydrogen) atoms. The highest BCUT2D eigenvalue weighted by Gasteiger charge is 1.99. The molecule has 78 valence electrons. The van der Waals surface area contributed by atoms with Crippen molar-refractivity contribution in [1.29, 1.82) is 0 Å². The summed E-state index contributed by atoms with van der Waals surface area (Å²) < 4.78 is 3.42. The number of thiol groups is 1. The summed E-state index contributed by atoms with van der Waals surface area (Å²) in [5, 5.41) is 0. The van der Waals surface area contributed by atoms with E-state index in [1.54, 1.807) is 9.13 Å². The maximum Gasteiger partial charge on any atom is 0.328 e. The van der Waals surface area contributed by atoms with Crippen LogP contribution in [0.15, 0.2) is 29.3 Å². The van der Waals surface area contributed by atoms with E-state index in [1.807, 2.05) is 24.5 Å². The molecule has 0 aliphatic heterocycles. The Morgan fingerprint density at radius 3 is 2.71 bits per heavy atom. The summed E-state index contributed by atoms with van der Waals surface area (Å²) in [5.41, 5.74) is 0.0654. The van der Waals surface area contributed by atoms with Gasteiger partial charge in [0.25, 0.3) is 0 Å². The van der Waals surface area contributed by atoms with Crippen LogP contribution in [0, 0.1) is 0 Å². The Morgan fingerprint density at radius 2 is 2.07 bits per heavy atom. The lowest BCUT2D eigenvalue weighted by atomic mass is 10.5. The fourth-order valence-electron chi connectivity index (χ4n) is 1.27. The first-order chi connectivity index (χ1) is 6.79. The minimum absolute atomic E-state index is 0.0654. The standard InChI is InChI=1S/C10H16N2OS/c1-2-5-11-7-8-12(10(11)13)6-3-4-9-14/h3-4,7-8,14H,2,5-6,9H2,1H3/b4-3+. The molecule has 3 nitrogen and oxygen atoms in total. The zero-order valence-electron chi connectivity index (χ0n) is 8.39. The Balaban J connectivity index is 2.69. The van der Waals surface area contributed by atoms with Crippen molar-refractivity contribution in [3.8, 4) is 0 Å².